The van der Waals surface area contributed by atoms with E-state index in [2.05, 4.69) is 131 Å². The highest BCUT2D eigenvalue weighted by Gasteiger charge is 2.24. The Morgan fingerprint density at radius 1 is 0.417 bits per heavy atom. The standard InChI is InChI=1S/C42H36N2O4/c1-3-9-33(10-4-1)43(37-13-7-15-39(25-37)45-27-41-29-47-41)35-21-17-31(18-22-35)32-19-23-36(24-20-32)44(34-11-5-2-6-12-34)38-14-8-16-40(26-38)46-28-42-30-48-42/h1-26,41-42H,27-30H2. The number of hydrogen-bond donors (Lipinski definition) is 0. The van der Waals surface area contributed by atoms with Crippen LogP contribution in [0.2, 0.25) is 0 Å². The number of para-hydroxylation sites is 2. The molecule has 2 fully saturated rings. The predicted molar refractivity (Wildman–Crippen MR) is 192 cm³/mol. The van der Waals surface area contributed by atoms with E-state index in [9.17, 15) is 0 Å². The Bertz CT molecular complexity index is 1800. The van der Waals surface area contributed by atoms with Crippen molar-refractivity contribution in [3.63, 3.8) is 0 Å². The maximum absolute atomic E-state index is 6.01. The maximum Gasteiger partial charge on any atom is 0.121 e. The quantitative estimate of drug-likeness (QED) is 0.118. The van der Waals surface area contributed by atoms with Gasteiger partial charge < -0.3 is 28.7 Å². The minimum atomic E-state index is 0.209. The minimum Gasteiger partial charge on any atom is -0.491 e. The molecule has 8 rings (SSSR count). The van der Waals surface area contributed by atoms with Crippen molar-refractivity contribution in [3.8, 4) is 22.6 Å². The van der Waals surface area contributed by atoms with Gasteiger partial charge in [0.15, 0.2) is 0 Å². The van der Waals surface area contributed by atoms with E-state index < -0.39 is 0 Å². The van der Waals surface area contributed by atoms with E-state index in [1.807, 2.05) is 36.4 Å². The molecule has 0 saturated carbocycles. The summed E-state index contributed by atoms with van der Waals surface area (Å²) in [5, 5.41) is 0. The number of epoxide rings is 2. The Kier molecular flexibility index (Phi) is 8.48. The fourth-order valence-corrected chi connectivity index (χ4v) is 5.79. The van der Waals surface area contributed by atoms with Crippen molar-refractivity contribution >= 4 is 34.1 Å². The third-order valence-electron chi connectivity index (χ3n) is 8.44. The van der Waals surface area contributed by atoms with Gasteiger partial charge in [-0.05, 0) is 83.9 Å². The van der Waals surface area contributed by atoms with Crippen molar-refractivity contribution in [2.24, 2.45) is 0 Å². The Balaban J connectivity index is 1.06. The highest BCUT2D eigenvalue weighted by atomic mass is 16.6. The summed E-state index contributed by atoms with van der Waals surface area (Å²) >= 11 is 0. The third-order valence-corrected chi connectivity index (χ3v) is 8.44. The molecule has 0 radical (unpaired) electrons. The van der Waals surface area contributed by atoms with Crippen LogP contribution >= 0.6 is 0 Å². The average molecular weight is 633 g/mol. The van der Waals surface area contributed by atoms with E-state index in [1.165, 1.54) is 0 Å². The molecule has 0 aromatic heterocycles. The van der Waals surface area contributed by atoms with Crippen molar-refractivity contribution in [2.75, 3.05) is 36.2 Å². The van der Waals surface area contributed by atoms with Crippen LogP contribution in [0.3, 0.4) is 0 Å². The third kappa shape index (κ3) is 7.05. The van der Waals surface area contributed by atoms with Gasteiger partial charge in [-0.15, -0.1) is 0 Å². The van der Waals surface area contributed by atoms with E-state index in [0.717, 1.165) is 70.0 Å². The SMILES string of the molecule is c1ccc(N(c2ccc(-c3ccc(N(c4ccccc4)c4cccc(OCC5CO5)c4)cc3)cc2)c2cccc(OCC3CO3)c2)cc1. The lowest BCUT2D eigenvalue weighted by Gasteiger charge is -2.26. The second-order valence-corrected chi connectivity index (χ2v) is 12.0. The van der Waals surface area contributed by atoms with Crippen LogP contribution in [0.4, 0.5) is 34.1 Å². The van der Waals surface area contributed by atoms with Crippen LogP contribution in [0.25, 0.3) is 11.1 Å². The molecule has 0 spiro atoms. The fourth-order valence-electron chi connectivity index (χ4n) is 5.79. The van der Waals surface area contributed by atoms with Crippen molar-refractivity contribution in [2.45, 2.75) is 12.2 Å². The molecular weight excluding hydrogens is 596 g/mol. The van der Waals surface area contributed by atoms with E-state index in [1.54, 1.807) is 0 Å². The van der Waals surface area contributed by atoms with Gasteiger partial charge in [-0.1, -0.05) is 72.8 Å². The van der Waals surface area contributed by atoms with Crippen LogP contribution in [-0.2, 0) is 9.47 Å². The molecule has 6 aromatic carbocycles. The summed E-state index contributed by atoms with van der Waals surface area (Å²) < 4.78 is 22.7. The van der Waals surface area contributed by atoms with Gasteiger partial charge in [0.1, 0.15) is 36.9 Å². The first-order valence-corrected chi connectivity index (χ1v) is 16.4. The summed E-state index contributed by atoms with van der Waals surface area (Å²) in [6.07, 6.45) is 0.417. The molecule has 0 amide bonds. The van der Waals surface area contributed by atoms with E-state index in [-0.39, 0.29) is 12.2 Å². The first-order valence-electron chi connectivity index (χ1n) is 16.4. The molecule has 0 aliphatic carbocycles. The first-order chi connectivity index (χ1) is 23.8. The van der Waals surface area contributed by atoms with Crippen molar-refractivity contribution in [3.05, 3.63) is 158 Å². The van der Waals surface area contributed by atoms with Crippen LogP contribution in [-0.4, -0.2) is 38.6 Å². The Labute approximate surface area is 281 Å². The summed E-state index contributed by atoms with van der Waals surface area (Å²) in [6.45, 7) is 2.69. The zero-order valence-corrected chi connectivity index (χ0v) is 26.5. The second kappa shape index (κ2) is 13.7. The Morgan fingerprint density at radius 2 is 0.771 bits per heavy atom. The molecular formula is C42H36N2O4. The summed E-state index contributed by atoms with van der Waals surface area (Å²) in [7, 11) is 0. The first kappa shape index (κ1) is 29.8. The molecule has 0 N–H and O–H groups in total. The molecule has 48 heavy (non-hydrogen) atoms. The summed E-state index contributed by atoms with van der Waals surface area (Å²) in [5.74, 6) is 1.66. The van der Waals surface area contributed by atoms with E-state index in [0.29, 0.717) is 13.2 Å². The van der Waals surface area contributed by atoms with Gasteiger partial charge >= 0.3 is 0 Å². The second-order valence-electron chi connectivity index (χ2n) is 12.0. The minimum absolute atomic E-state index is 0.209. The maximum atomic E-state index is 6.01. The highest BCUT2D eigenvalue weighted by Crippen LogP contribution is 2.39. The lowest BCUT2D eigenvalue weighted by molar-refractivity contribution is 0.263. The molecule has 6 heteroatoms. The number of hydrogen-bond acceptors (Lipinski definition) is 6. The monoisotopic (exact) mass is 632 g/mol. The van der Waals surface area contributed by atoms with Crippen molar-refractivity contribution in [1.82, 2.24) is 0 Å². The molecule has 2 aliphatic heterocycles. The number of anilines is 6. The Hall–Kier alpha value is -5.56. The molecule has 0 bridgehead atoms. The van der Waals surface area contributed by atoms with Gasteiger partial charge in [-0.3, -0.25) is 0 Å². The van der Waals surface area contributed by atoms with Crippen LogP contribution in [0.5, 0.6) is 11.5 Å². The molecule has 2 atom stereocenters. The van der Waals surface area contributed by atoms with Gasteiger partial charge in [-0.2, -0.15) is 0 Å². The zero-order chi connectivity index (χ0) is 32.1. The number of benzene rings is 6. The van der Waals surface area contributed by atoms with Crippen LogP contribution in [0.1, 0.15) is 0 Å². The van der Waals surface area contributed by atoms with Crippen molar-refractivity contribution in [1.29, 1.82) is 0 Å². The van der Waals surface area contributed by atoms with Crippen molar-refractivity contribution < 1.29 is 18.9 Å². The van der Waals surface area contributed by atoms with E-state index in [4.69, 9.17) is 18.9 Å². The van der Waals surface area contributed by atoms with Gasteiger partial charge in [0.25, 0.3) is 0 Å². The lowest BCUT2D eigenvalue weighted by atomic mass is 10.0. The molecule has 2 unspecified atom stereocenters. The molecule has 2 aliphatic rings. The summed E-state index contributed by atoms with van der Waals surface area (Å²) in [4.78, 5) is 4.50. The van der Waals surface area contributed by atoms with Gasteiger partial charge in [0, 0.05) is 46.3 Å². The molecule has 238 valence electrons. The lowest BCUT2D eigenvalue weighted by Crippen LogP contribution is -2.11. The number of rotatable bonds is 13. The number of nitrogens with zero attached hydrogens (tertiary/aromatic N) is 2. The van der Waals surface area contributed by atoms with E-state index >= 15 is 0 Å². The van der Waals surface area contributed by atoms with Crippen LogP contribution in [0.15, 0.2) is 158 Å². The van der Waals surface area contributed by atoms with Gasteiger partial charge in [0.05, 0.1) is 13.2 Å². The van der Waals surface area contributed by atoms with Crippen LogP contribution in [0, 0.1) is 0 Å². The van der Waals surface area contributed by atoms with Gasteiger partial charge in [-0.25, -0.2) is 0 Å². The molecule has 6 nitrogen and oxygen atoms in total. The van der Waals surface area contributed by atoms with Gasteiger partial charge in [0.2, 0.25) is 0 Å². The smallest absolute Gasteiger partial charge is 0.121 e. The topological polar surface area (TPSA) is 50.0 Å². The zero-order valence-electron chi connectivity index (χ0n) is 26.5. The predicted octanol–water partition coefficient (Wildman–Crippen LogP) is 9.85. The summed E-state index contributed by atoms with van der Waals surface area (Å²) in [5.41, 5.74) is 8.63. The molecule has 2 saturated heterocycles. The normalized spacial score (nSPS) is 16.2. The largest absolute Gasteiger partial charge is 0.491 e. The molecule has 2 heterocycles. The Morgan fingerprint density at radius 3 is 1.15 bits per heavy atom. The highest BCUT2D eigenvalue weighted by molar-refractivity contribution is 5.81. The average Bonchev–Trinajstić information content (AvgIpc) is 4.09. The number of ether oxygens (including phenoxy) is 4. The summed E-state index contributed by atoms with van der Waals surface area (Å²) in [6, 6.07) is 54.7. The van der Waals surface area contributed by atoms with Crippen LogP contribution < -0.4 is 19.3 Å². The molecule has 6 aromatic rings. The fraction of sp³-hybridized carbons (Fsp3) is 0.143.